The van der Waals surface area contributed by atoms with E-state index in [1.165, 1.54) is 39.4 Å². The molecule has 1 aliphatic carbocycles. The fraction of sp³-hybridized carbons (Fsp3) is 0.722. The molecule has 1 N–H and O–H groups in total. The van der Waals surface area contributed by atoms with E-state index in [2.05, 4.69) is 17.1 Å². The minimum absolute atomic E-state index is 0.126. The topological polar surface area (TPSA) is 69.7 Å². The van der Waals surface area contributed by atoms with E-state index in [1.807, 2.05) is 6.08 Å². The highest BCUT2D eigenvalue weighted by Gasteiger charge is 2.39. The highest BCUT2D eigenvalue weighted by molar-refractivity contribution is 6.28. The van der Waals surface area contributed by atoms with Gasteiger partial charge in [-0.3, -0.25) is 19.8 Å². The van der Waals surface area contributed by atoms with Gasteiger partial charge in [0.2, 0.25) is 0 Å². The standard InChI is InChI=1S/C18H27N3O3/c1-3-4-8-21-9-7-13-10-12(5-6-15(13)21)11-14-16(22)19-18(24)20(2)17(14)23/h11-13,15H,3-10H2,1-2H3,(H,19,22,24)/b14-11+. The summed E-state index contributed by atoms with van der Waals surface area (Å²) in [5.74, 6) is -0.120. The lowest BCUT2D eigenvalue weighted by molar-refractivity contribution is -0.129. The molecule has 0 aromatic rings. The van der Waals surface area contributed by atoms with Crippen LogP contribution in [0.1, 0.15) is 45.4 Å². The zero-order valence-electron chi connectivity index (χ0n) is 14.6. The number of amides is 4. The molecule has 4 amide bonds. The van der Waals surface area contributed by atoms with Gasteiger partial charge in [-0.2, -0.15) is 0 Å². The predicted molar refractivity (Wildman–Crippen MR) is 90.1 cm³/mol. The van der Waals surface area contributed by atoms with Crippen molar-refractivity contribution < 1.29 is 14.4 Å². The fourth-order valence-electron chi connectivity index (χ4n) is 4.36. The average molecular weight is 333 g/mol. The number of barbiturate groups is 1. The van der Waals surface area contributed by atoms with Crippen LogP contribution in [0.25, 0.3) is 0 Å². The van der Waals surface area contributed by atoms with E-state index in [4.69, 9.17) is 0 Å². The molecule has 0 aromatic heterocycles. The molecular weight excluding hydrogens is 306 g/mol. The van der Waals surface area contributed by atoms with Gasteiger partial charge in [0.05, 0.1) is 0 Å². The Hall–Kier alpha value is -1.69. The van der Waals surface area contributed by atoms with Crippen molar-refractivity contribution in [3.05, 3.63) is 11.6 Å². The summed E-state index contributed by atoms with van der Waals surface area (Å²) in [6, 6.07) is 0.0274. The van der Waals surface area contributed by atoms with E-state index in [1.54, 1.807) is 0 Å². The number of hydrogen-bond acceptors (Lipinski definition) is 4. The van der Waals surface area contributed by atoms with Crippen LogP contribution in [0.3, 0.4) is 0 Å². The van der Waals surface area contributed by atoms with Gasteiger partial charge >= 0.3 is 6.03 Å². The number of nitrogens with one attached hydrogen (secondary N) is 1. The van der Waals surface area contributed by atoms with Crippen LogP contribution in [0.5, 0.6) is 0 Å². The SMILES string of the molecule is CCCCN1CCC2CC(/C=C3\C(=O)NC(=O)N(C)C3=O)CCC21. The normalized spacial score (nSPS) is 33.1. The van der Waals surface area contributed by atoms with E-state index in [-0.39, 0.29) is 11.5 Å². The molecule has 3 aliphatic rings. The molecule has 3 atom stereocenters. The van der Waals surface area contributed by atoms with Crippen LogP contribution in [0.2, 0.25) is 0 Å². The first kappa shape index (κ1) is 17.1. The van der Waals surface area contributed by atoms with Gasteiger partial charge in [0.25, 0.3) is 11.8 Å². The molecule has 0 aromatic carbocycles. The monoisotopic (exact) mass is 333 g/mol. The van der Waals surface area contributed by atoms with Crippen molar-refractivity contribution >= 4 is 17.8 Å². The van der Waals surface area contributed by atoms with E-state index in [0.29, 0.717) is 12.0 Å². The second-order valence-corrected chi connectivity index (χ2v) is 7.28. The van der Waals surface area contributed by atoms with Gasteiger partial charge in [-0.15, -0.1) is 0 Å². The third-order valence-electron chi connectivity index (χ3n) is 5.75. The van der Waals surface area contributed by atoms with Crippen molar-refractivity contribution in [3.8, 4) is 0 Å². The number of carbonyl (C=O) groups is 3. The number of likely N-dealkylation sites (N-methyl/N-ethyl adjacent to an activating group) is 1. The van der Waals surface area contributed by atoms with Gasteiger partial charge in [0, 0.05) is 13.1 Å². The number of likely N-dealkylation sites (tertiary alicyclic amines) is 1. The summed E-state index contributed by atoms with van der Waals surface area (Å²) in [5, 5.41) is 2.23. The maximum absolute atomic E-state index is 12.2. The molecule has 3 rings (SSSR count). The maximum atomic E-state index is 12.2. The van der Waals surface area contributed by atoms with Crippen LogP contribution in [0.4, 0.5) is 4.79 Å². The summed E-state index contributed by atoms with van der Waals surface area (Å²) in [6.07, 6.45) is 8.68. The van der Waals surface area contributed by atoms with Crippen molar-refractivity contribution in [1.82, 2.24) is 15.1 Å². The molecule has 2 saturated heterocycles. The minimum atomic E-state index is -0.645. The fourth-order valence-corrected chi connectivity index (χ4v) is 4.36. The molecule has 0 radical (unpaired) electrons. The number of carbonyl (C=O) groups excluding carboxylic acids is 3. The molecule has 6 nitrogen and oxygen atoms in total. The van der Waals surface area contributed by atoms with Crippen LogP contribution < -0.4 is 5.32 Å². The van der Waals surface area contributed by atoms with Crippen LogP contribution in [0, 0.1) is 11.8 Å². The van der Waals surface area contributed by atoms with Crippen molar-refractivity contribution in [2.24, 2.45) is 11.8 Å². The molecule has 0 spiro atoms. The molecule has 2 aliphatic heterocycles. The summed E-state index contributed by atoms with van der Waals surface area (Å²) in [6.45, 7) is 4.59. The molecule has 3 unspecified atom stereocenters. The Kier molecular flexibility index (Phi) is 5.04. The Morgan fingerprint density at radius 1 is 1.21 bits per heavy atom. The van der Waals surface area contributed by atoms with E-state index in [0.717, 1.165) is 24.2 Å². The average Bonchev–Trinajstić information content (AvgIpc) is 2.97. The second kappa shape index (κ2) is 7.05. The third-order valence-corrected chi connectivity index (χ3v) is 5.75. The summed E-state index contributed by atoms with van der Waals surface area (Å²) in [4.78, 5) is 39.2. The molecule has 0 bridgehead atoms. The summed E-state index contributed by atoms with van der Waals surface area (Å²) >= 11 is 0. The summed E-state index contributed by atoms with van der Waals surface area (Å²) in [5.41, 5.74) is 0.126. The first-order valence-electron chi connectivity index (χ1n) is 9.10. The van der Waals surface area contributed by atoms with E-state index in [9.17, 15) is 14.4 Å². The van der Waals surface area contributed by atoms with Gasteiger partial charge < -0.3 is 4.90 Å². The lowest BCUT2D eigenvalue weighted by atomic mass is 9.77. The molecule has 6 heteroatoms. The van der Waals surface area contributed by atoms with Crippen molar-refractivity contribution in [2.75, 3.05) is 20.1 Å². The van der Waals surface area contributed by atoms with Crippen LogP contribution >= 0.6 is 0 Å². The van der Waals surface area contributed by atoms with Gasteiger partial charge in [0.1, 0.15) is 5.57 Å². The minimum Gasteiger partial charge on any atom is -0.300 e. The van der Waals surface area contributed by atoms with Crippen LogP contribution in [-0.2, 0) is 9.59 Å². The summed E-state index contributed by atoms with van der Waals surface area (Å²) < 4.78 is 0. The van der Waals surface area contributed by atoms with Gasteiger partial charge in [-0.1, -0.05) is 19.4 Å². The van der Waals surface area contributed by atoms with Crippen molar-refractivity contribution in [3.63, 3.8) is 0 Å². The van der Waals surface area contributed by atoms with Gasteiger partial charge in [-0.05, 0) is 57.0 Å². The highest BCUT2D eigenvalue weighted by Crippen LogP contribution is 2.40. The number of urea groups is 1. The Bertz CT molecular complexity index is 572. The number of hydrogen-bond donors (Lipinski definition) is 1. The number of rotatable bonds is 4. The summed E-state index contributed by atoms with van der Waals surface area (Å²) in [7, 11) is 1.40. The molecule has 24 heavy (non-hydrogen) atoms. The molecular formula is C18H27N3O3. The molecule has 132 valence electrons. The smallest absolute Gasteiger partial charge is 0.300 e. The zero-order valence-corrected chi connectivity index (χ0v) is 14.6. The third kappa shape index (κ3) is 3.24. The van der Waals surface area contributed by atoms with Crippen molar-refractivity contribution in [1.29, 1.82) is 0 Å². The first-order chi connectivity index (χ1) is 11.5. The maximum Gasteiger partial charge on any atom is 0.331 e. The number of fused-ring (bicyclic) bond motifs is 1. The van der Waals surface area contributed by atoms with Crippen molar-refractivity contribution in [2.45, 2.75) is 51.5 Å². The zero-order chi connectivity index (χ0) is 17.3. The van der Waals surface area contributed by atoms with Crippen LogP contribution in [0.15, 0.2) is 11.6 Å². The highest BCUT2D eigenvalue weighted by atomic mass is 16.2. The second-order valence-electron chi connectivity index (χ2n) is 7.28. The van der Waals surface area contributed by atoms with Gasteiger partial charge in [-0.25, -0.2) is 4.79 Å². The molecule has 3 fully saturated rings. The first-order valence-corrected chi connectivity index (χ1v) is 9.10. The van der Waals surface area contributed by atoms with Gasteiger partial charge in [0.15, 0.2) is 0 Å². The lowest BCUT2D eigenvalue weighted by Crippen LogP contribution is -2.52. The number of allylic oxidation sites excluding steroid dienone is 1. The molecule has 2 heterocycles. The Balaban J connectivity index is 1.65. The number of unbranched alkanes of at least 4 members (excludes halogenated alkanes) is 1. The van der Waals surface area contributed by atoms with E-state index >= 15 is 0 Å². The molecule has 1 saturated carbocycles. The van der Waals surface area contributed by atoms with E-state index < -0.39 is 17.8 Å². The number of nitrogens with zero attached hydrogens (tertiary/aromatic N) is 2. The largest absolute Gasteiger partial charge is 0.331 e. The number of imide groups is 2. The predicted octanol–water partition coefficient (Wildman–Crippen LogP) is 1.91. The lowest BCUT2D eigenvalue weighted by Gasteiger charge is -2.35. The Morgan fingerprint density at radius 3 is 2.75 bits per heavy atom. The van der Waals surface area contributed by atoms with Crippen LogP contribution in [-0.4, -0.2) is 53.8 Å². The Labute approximate surface area is 143 Å². The quantitative estimate of drug-likeness (QED) is 0.630. The Morgan fingerprint density at radius 2 is 2.00 bits per heavy atom.